The third kappa shape index (κ3) is 4.11. The maximum absolute atomic E-state index is 14.0. The van der Waals surface area contributed by atoms with E-state index in [0.717, 1.165) is 24.6 Å². The second kappa shape index (κ2) is 7.32. The SMILES string of the molecule is CCCNC(Cc1cccc(C)c1)c1cccc(F)c1F. The number of hydrogen-bond acceptors (Lipinski definition) is 1. The van der Waals surface area contributed by atoms with Gasteiger partial charge in [0.2, 0.25) is 0 Å². The van der Waals surface area contributed by atoms with Gasteiger partial charge in [-0.25, -0.2) is 8.78 Å². The molecule has 1 nitrogen and oxygen atoms in total. The van der Waals surface area contributed by atoms with Crippen molar-refractivity contribution in [2.24, 2.45) is 0 Å². The van der Waals surface area contributed by atoms with E-state index in [1.807, 2.05) is 25.1 Å². The van der Waals surface area contributed by atoms with E-state index < -0.39 is 11.6 Å². The number of hydrogen-bond donors (Lipinski definition) is 1. The quantitative estimate of drug-likeness (QED) is 0.822. The van der Waals surface area contributed by atoms with Crippen LogP contribution in [0.25, 0.3) is 0 Å². The van der Waals surface area contributed by atoms with Gasteiger partial charge in [-0.2, -0.15) is 0 Å². The van der Waals surface area contributed by atoms with E-state index >= 15 is 0 Å². The Labute approximate surface area is 125 Å². The third-order valence-corrected chi connectivity index (χ3v) is 3.52. The van der Waals surface area contributed by atoms with Gasteiger partial charge in [-0.3, -0.25) is 0 Å². The normalized spacial score (nSPS) is 12.4. The first-order valence-electron chi connectivity index (χ1n) is 7.34. The fourth-order valence-corrected chi connectivity index (χ4v) is 2.48. The van der Waals surface area contributed by atoms with E-state index in [4.69, 9.17) is 0 Å². The first-order valence-corrected chi connectivity index (χ1v) is 7.34. The van der Waals surface area contributed by atoms with Crippen molar-refractivity contribution in [1.29, 1.82) is 0 Å². The van der Waals surface area contributed by atoms with Gasteiger partial charge < -0.3 is 5.32 Å². The Morgan fingerprint density at radius 2 is 1.86 bits per heavy atom. The molecule has 0 fully saturated rings. The molecule has 1 atom stereocenters. The number of benzene rings is 2. The van der Waals surface area contributed by atoms with Gasteiger partial charge in [0.05, 0.1) is 0 Å². The Balaban J connectivity index is 2.27. The zero-order valence-electron chi connectivity index (χ0n) is 12.5. The average Bonchev–Trinajstić information content (AvgIpc) is 2.47. The lowest BCUT2D eigenvalue weighted by Crippen LogP contribution is -2.25. The summed E-state index contributed by atoms with van der Waals surface area (Å²) in [6.45, 7) is 4.85. The van der Waals surface area contributed by atoms with Gasteiger partial charge in [-0.05, 0) is 37.9 Å². The van der Waals surface area contributed by atoms with Crippen molar-refractivity contribution in [3.63, 3.8) is 0 Å². The molecule has 0 saturated heterocycles. The second-order valence-electron chi connectivity index (χ2n) is 5.34. The van der Waals surface area contributed by atoms with Crippen LogP contribution in [0.1, 0.15) is 36.1 Å². The van der Waals surface area contributed by atoms with E-state index in [9.17, 15) is 8.78 Å². The van der Waals surface area contributed by atoms with Gasteiger partial charge in [-0.15, -0.1) is 0 Å². The summed E-state index contributed by atoms with van der Waals surface area (Å²) in [6.07, 6.45) is 1.59. The van der Waals surface area contributed by atoms with Crippen LogP contribution in [-0.2, 0) is 6.42 Å². The number of aryl methyl sites for hydroxylation is 1. The molecule has 0 amide bonds. The van der Waals surface area contributed by atoms with E-state index in [0.29, 0.717) is 12.0 Å². The van der Waals surface area contributed by atoms with E-state index in [1.165, 1.54) is 5.56 Å². The third-order valence-electron chi connectivity index (χ3n) is 3.52. The standard InChI is InChI=1S/C18H21F2N/c1-3-10-21-17(12-14-7-4-6-13(2)11-14)15-8-5-9-16(19)18(15)20/h4-9,11,17,21H,3,10,12H2,1-2H3. The summed E-state index contributed by atoms with van der Waals surface area (Å²) in [7, 11) is 0. The Kier molecular flexibility index (Phi) is 5.45. The maximum atomic E-state index is 14.0. The van der Waals surface area contributed by atoms with Gasteiger partial charge in [0.15, 0.2) is 11.6 Å². The molecule has 21 heavy (non-hydrogen) atoms. The maximum Gasteiger partial charge on any atom is 0.163 e. The summed E-state index contributed by atoms with van der Waals surface area (Å²) in [6, 6.07) is 12.3. The number of halogens is 2. The Morgan fingerprint density at radius 1 is 1.10 bits per heavy atom. The fraction of sp³-hybridized carbons (Fsp3) is 0.333. The van der Waals surface area contributed by atoms with Crippen molar-refractivity contribution in [2.75, 3.05) is 6.54 Å². The highest BCUT2D eigenvalue weighted by Gasteiger charge is 2.18. The minimum absolute atomic E-state index is 0.220. The second-order valence-corrected chi connectivity index (χ2v) is 5.34. The minimum Gasteiger partial charge on any atom is -0.310 e. The van der Waals surface area contributed by atoms with Gasteiger partial charge >= 0.3 is 0 Å². The fourth-order valence-electron chi connectivity index (χ4n) is 2.48. The molecule has 3 heteroatoms. The van der Waals surface area contributed by atoms with Crippen LogP contribution in [-0.4, -0.2) is 6.54 Å². The van der Waals surface area contributed by atoms with Crippen molar-refractivity contribution >= 4 is 0 Å². The molecule has 2 aromatic carbocycles. The Bertz CT molecular complexity index is 596. The molecule has 0 aliphatic carbocycles. The largest absolute Gasteiger partial charge is 0.310 e. The lowest BCUT2D eigenvalue weighted by atomic mass is 9.97. The molecule has 0 aliphatic heterocycles. The van der Waals surface area contributed by atoms with Crippen LogP contribution >= 0.6 is 0 Å². The molecule has 0 saturated carbocycles. The summed E-state index contributed by atoms with van der Waals surface area (Å²) in [5, 5.41) is 3.32. The monoisotopic (exact) mass is 289 g/mol. The molecule has 0 radical (unpaired) electrons. The number of nitrogens with one attached hydrogen (secondary N) is 1. The highest BCUT2D eigenvalue weighted by atomic mass is 19.2. The van der Waals surface area contributed by atoms with E-state index in [1.54, 1.807) is 12.1 Å². The van der Waals surface area contributed by atoms with E-state index in [2.05, 4.69) is 18.3 Å². The van der Waals surface area contributed by atoms with Crippen molar-refractivity contribution in [1.82, 2.24) is 5.32 Å². The Hall–Kier alpha value is -1.74. The average molecular weight is 289 g/mol. The predicted octanol–water partition coefficient (Wildman–Crippen LogP) is 4.56. The molecule has 112 valence electrons. The van der Waals surface area contributed by atoms with Gasteiger partial charge in [0.1, 0.15) is 0 Å². The smallest absolute Gasteiger partial charge is 0.163 e. The lowest BCUT2D eigenvalue weighted by molar-refractivity contribution is 0.459. The minimum atomic E-state index is -0.792. The van der Waals surface area contributed by atoms with Crippen LogP contribution < -0.4 is 5.32 Å². The summed E-state index contributed by atoms with van der Waals surface area (Å²) in [4.78, 5) is 0. The zero-order chi connectivity index (χ0) is 15.2. The van der Waals surface area contributed by atoms with Crippen molar-refractivity contribution < 1.29 is 8.78 Å². The number of rotatable bonds is 6. The molecule has 1 N–H and O–H groups in total. The molecule has 0 heterocycles. The Morgan fingerprint density at radius 3 is 2.57 bits per heavy atom. The van der Waals surface area contributed by atoms with Crippen LogP contribution in [0.5, 0.6) is 0 Å². The summed E-state index contributed by atoms with van der Waals surface area (Å²) < 4.78 is 27.5. The van der Waals surface area contributed by atoms with Crippen LogP contribution in [0.15, 0.2) is 42.5 Å². The molecule has 0 bridgehead atoms. The molecule has 0 aliphatic rings. The highest BCUT2D eigenvalue weighted by Crippen LogP contribution is 2.23. The van der Waals surface area contributed by atoms with Gasteiger partial charge in [0, 0.05) is 11.6 Å². The van der Waals surface area contributed by atoms with Crippen LogP contribution in [0.3, 0.4) is 0 Å². The zero-order valence-corrected chi connectivity index (χ0v) is 12.5. The van der Waals surface area contributed by atoms with Crippen molar-refractivity contribution in [3.05, 3.63) is 70.8 Å². The molecule has 0 spiro atoms. The molecule has 0 aromatic heterocycles. The summed E-state index contributed by atoms with van der Waals surface area (Å²) in [5.41, 5.74) is 2.68. The first-order chi connectivity index (χ1) is 10.1. The molecular weight excluding hydrogens is 268 g/mol. The highest BCUT2D eigenvalue weighted by molar-refractivity contribution is 5.28. The first kappa shape index (κ1) is 15.6. The van der Waals surface area contributed by atoms with Crippen LogP contribution in [0, 0.1) is 18.6 Å². The molecule has 2 aromatic rings. The van der Waals surface area contributed by atoms with Gasteiger partial charge in [-0.1, -0.05) is 48.9 Å². The summed E-state index contributed by atoms with van der Waals surface area (Å²) >= 11 is 0. The van der Waals surface area contributed by atoms with Crippen LogP contribution in [0.2, 0.25) is 0 Å². The van der Waals surface area contributed by atoms with Crippen LogP contribution in [0.4, 0.5) is 8.78 Å². The summed E-state index contributed by atoms with van der Waals surface area (Å²) in [5.74, 6) is -1.54. The van der Waals surface area contributed by atoms with Crippen molar-refractivity contribution in [3.8, 4) is 0 Å². The molecule has 2 rings (SSSR count). The van der Waals surface area contributed by atoms with Gasteiger partial charge in [0.25, 0.3) is 0 Å². The topological polar surface area (TPSA) is 12.0 Å². The van der Waals surface area contributed by atoms with E-state index in [-0.39, 0.29) is 6.04 Å². The predicted molar refractivity (Wildman–Crippen MR) is 82.3 cm³/mol. The molecule has 1 unspecified atom stereocenters. The molecular formula is C18H21F2N. The van der Waals surface area contributed by atoms with Crippen molar-refractivity contribution in [2.45, 2.75) is 32.7 Å². The lowest BCUT2D eigenvalue weighted by Gasteiger charge is -2.20.